The maximum Gasteiger partial charge on any atom is 0.275 e. The molecule has 3 rings (SSSR count). The molecule has 0 bridgehead atoms. The monoisotopic (exact) mass is 493 g/mol. The first-order valence-electron chi connectivity index (χ1n) is 9.51. The van der Waals surface area contributed by atoms with Gasteiger partial charge in [0.15, 0.2) is 0 Å². The van der Waals surface area contributed by atoms with Gasteiger partial charge in [0.05, 0.1) is 42.1 Å². The second-order valence-corrected chi connectivity index (χ2v) is 7.37. The van der Waals surface area contributed by atoms with Crippen LogP contribution in [0.15, 0.2) is 70.2 Å². The van der Waals surface area contributed by atoms with E-state index >= 15 is 0 Å². The summed E-state index contributed by atoms with van der Waals surface area (Å²) in [5.74, 6) is 1.20. The Morgan fingerprint density at radius 3 is 2.62 bits per heavy atom. The molecule has 0 spiro atoms. The number of halogens is 1. The maximum atomic E-state index is 12.4. The summed E-state index contributed by atoms with van der Waals surface area (Å²) >= 11 is 3.48. The first kappa shape index (κ1) is 22.8. The van der Waals surface area contributed by atoms with Crippen LogP contribution in [0, 0.1) is 11.3 Å². The van der Waals surface area contributed by atoms with Crippen molar-refractivity contribution >= 4 is 28.1 Å². The third kappa shape index (κ3) is 5.65. The van der Waals surface area contributed by atoms with Crippen LogP contribution in [0.3, 0.4) is 0 Å². The summed E-state index contributed by atoms with van der Waals surface area (Å²) in [6, 6.07) is 19.8. The van der Waals surface area contributed by atoms with E-state index in [-0.39, 0.29) is 6.61 Å². The molecule has 0 heterocycles. The standard InChI is InChI=1S/C24H20BrN3O4/c1-30-19-8-9-20(23(12-19)31-2)24(29)28-27-14-16-7-10-22(21(25)11-16)32-15-18-6-4-3-5-17(18)13-26/h3-12,14H,15H2,1-2H3,(H,28,29)/b27-14-. The molecule has 0 saturated heterocycles. The van der Waals surface area contributed by atoms with E-state index in [2.05, 4.69) is 32.5 Å². The number of ether oxygens (including phenoxy) is 3. The average Bonchev–Trinajstić information content (AvgIpc) is 2.83. The molecule has 32 heavy (non-hydrogen) atoms. The van der Waals surface area contributed by atoms with E-state index in [4.69, 9.17) is 14.2 Å². The van der Waals surface area contributed by atoms with E-state index < -0.39 is 5.91 Å². The fraction of sp³-hybridized carbons (Fsp3) is 0.125. The van der Waals surface area contributed by atoms with Crippen molar-refractivity contribution in [3.8, 4) is 23.3 Å². The van der Waals surface area contributed by atoms with Crippen LogP contribution in [0.2, 0.25) is 0 Å². The Hall–Kier alpha value is -3.83. The van der Waals surface area contributed by atoms with Crippen LogP contribution in [0.25, 0.3) is 0 Å². The molecule has 0 radical (unpaired) electrons. The van der Waals surface area contributed by atoms with E-state index in [1.807, 2.05) is 24.3 Å². The number of amides is 1. The van der Waals surface area contributed by atoms with Crippen molar-refractivity contribution in [2.45, 2.75) is 6.61 Å². The summed E-state index contributed by atoms with van der Waals surface area (Å²) in [6.45, 7) is 0.273. The fourth-order valence-electron chi connectivity index (χ4n) is 2.84. The quantitative estimate of drug-likeness (QED) is 0.363. The molecule has 1 N–H and O–H groups in total. The van der Waals surface area contributed by atoms with Gasteiger partial charge in [-0.2, -0.15) is 10.4 Å². The molecule has 0 atom stereocenters. The molecule has 3 aromatic carbocycles. The smallest absolute Gasteiger partial charge is 0.275 e. The van der Waals surface area contributed by atoms with Gasteiger partial charge in [0.25, 0.3) is 5.91 Å². The molecule has 0 aliphatic rings. The number of hydrazone groups is 1. The molecule has 1 amide bonds. The van der Waals surface area contributed by atoms with Crippen molar-refractivity contribution in [1.29, 1.82) is 5.26 Å². The van der Waals surface area contributed by atoms with Crippen LogP contribution >= 0.6 is 15.9 Å². The molecule has 7 nitrogen and oxygen atoms in total. The summed E-state index contributed by atoms with van der Waals surface area (Å²) < 4.78 is 16.9. The second-order valence-electron chi connectivity index (χ2n) is 6.51. The second kappa shape index (κ2) is 11.0. The van der Waals surface area contributed by atoms with Crippen molar-refractivity contribution in [3.05, 3.63) is 87.4 Å². The first-order chi connectivity index (χ1) is 15.5. The normalized spacial score (nSPS) is 10.4. The highest BCUT2D eigenvalue weighted by molar-refractivity contribution is 9.10. The van der Waals surface area contributed by atoms with Gasteiger partial charge in [-0.25, -0.2) is 5.43 Å². The minimum Gasteiger partial charge on any atom is -0.497 e. The van der Waals surface area contributed by atoms with Gasteiger partial charge in [-0.1, -0.05) is 18.2 Å². The number of hydrogen-bond acceptors (Lipinski definition) is 6. The topological polar surface area (TPSA) is 92.9 Å². The highest BCUT2D eigenvalue weighted by Gasteiger charge is 2.12. The number of nitriles is 1. The average molecular weight is 494 g/mol. The largest absolute Gasteiger partial charge is 0.497 e. The maximum absolute atomic E-state index is 12.4. The van der Waals surface area contributed by atoms with Crippen LogP contribution in [-0.2, 0) is 6.61 Å². The molecule has 0 saturated carbocycles. The Morgan fingerprint density at radius 1 is 1.09 bits per heavy atom. The fourth-order valence-corrected chi connectivity index (χ4v) is 3.35. The molecule has 8 heteroatoms. The number of nitrogens with zero attached hydrogens (tertiary/aromatic N) is 2. The number of hydrogen-bond donors (Lipinski definition) is 1. The van der Waals surface area contributed by atoms with Crippen LogP contribution in [0.4, 0.5) is 0 Å². The summed E-state index contributed by atoms with van der Waals surface area (Å²) in [5.41, 5.74) is 4.97. The van der Waals surface area contributed by atoms with Gasteiger partial charge in [0.1, 0.15) is 23.9 Å². The van der Waals surface area contributed by atoms with E-state index in [1.54, 1.807) is 43.5 Å². The van der Waals surface area contributed by atoms with Gasteiger partial charge in [0, 0.05) is 11.6 Å². The Balaban J connectivity index is 1.63. The lowest BCUT2D eigenvalue weighted by molar-refractivity contribution is 0.0952. The predicted molar refractivity (Wildman–Crippen MR) is 124 cm³/mol. The van der Waals surface area contributed by atoms with E-state index in [0.717, 1.165) is 15.6 Å². The predicted octanol–water partition coefficient (Wildman–Crippen LogP) is 4.68. The SMILES string of the molecule is COc1ccc(C(=O)N/N=C\c2ccc(OCc3ccccc3C#N)c(Br)c2)c(OC)c1. The van der Waals surface area contributed by atoms with Crippen molar-refractivity contribution in [2.75, 3.05) is 14.2 Å². The van der Waals surface area contributed by atoms with E-state index in [9.17, 15) is 10.1 Å². The molecule has 3 aromatic rings. The third-order valence-electron chi connectivity index (χ3n) is 4.51. The summed E-state index contributed by atoms with van der Waals surface area (Å²) in [7, 11) is 3.02. The number of carbonyl (C=O) groups is 1. The lowest BCUT2D eigenvalue weighted by Gasteiger charge is -2.10. The van der Waals surface area contributed by atoms with Crippen molar-refractivity contribution in [1.82, 2.24) is 5.43 Å². The Labute approximate surface area is 194 Å². The molecular weight excluding hydrogens is 474 g/mol. The van der Waals surface area contributed by atoms with Gasteiger partial charge >= 0.3 is 0 Å². The van der Waals surface area contributed by atoms with Gasteiger partial charge in [-0.3, -0.25) is 4.79 Å². The first-order valence-corrected chi connectivity index (χ1v) is 10.3. The summed E-state index contributed by atoms with van der Waals surface area (Å²) in [5, 5.41) is 13.2. The zero-order chi connectivity index (χ0) is 22.9. The van der Waals surface area contributed by atoms with Crippen molar-refractivity contribution in [3.63, 3.8) is 0 Å². The summed E-state index contributed by atoms with van der Waals surface area (Å²) in [4.78, 5) is 12.4. The Bertz CT molecular complexity index is 1190. The number of carbonyl (C=O) groups excluding carboxylic acids is 1. The van der Waals surface area contributed by atoms with Gasteiger partial charge in [0.2, 0.25) is 0 Å². The highest BCUT2D eigenvalue weighted by atomic mass is 79.9. The van der Waals surface area contributed by atoms with Gasteiger partial charge in [-0.05, 0) is 57.9 Å². The van der Waals surface area contributed by atoms with Gasteiger partial charge < -0.3 is 14.2 Å². The summed E-state index contributed by atoms with van der Waals surface area (Å²) in [6.07, 6.45) is 1.52. The molecular formula is C24H20BrN3O4. The van der Waals surface area contributed by atoms with Gasteiger partial charge in [-0.15, -0.1) is 0 Å². The number of methoxy groups -OCH3 is 2. The van der Waals surface area contributed by atoms with E-state index in [1.165, 1.54) is 13.3 Å². The minimum absolute atomic E-state index is 0.273. The van der Waals surface area contributed by atoms with Crippen LogP contribution in [0.5, 0.6) is 17.2 Å². The lowest BCUT2D eigenvalue weighted by atomic mass is 10.1. The van der Waals surface area contributed by atoms with Crippen molar-refractivity contribution in [2.24, 2.45) is 5.10 Å². The zero-order valence-corrected chi connectivity index (χ0v) is 19.0. The van der Waals surface area contributed by atoms with Crippen LogP contribution in [0.1, 0.15) is 27.0 Å². The van der Waals surface area contributed by atoms with Crippen LogP contribution in [-0.4, -0.2) is 26.3 Å². The molecule has 0 aliphatic carbocycles. The molecule has 0 unspecified atom stereocenters. The molecule has 0 aromatic heterocycles. The Kier molecular flexibility index (Phi) is 7.84. The molecule has 0 fully saturated rings. The van der Waals surface area contributed by atoms with E-state index in [0.29, 0.717) is 28.4 Å². The number of rotatable bonds is 8. The lowest BCUT2D eigenvalue weighted by Crippen LogP contribution is -2.18. The third-order valence-corrected chi connectivity index (χ3v) is 5.13. The molecule has 162 valence electrons. The van der Waals surface area contributed by atoms with Crippen molar-refractivity contribution < 1.29 is 19.0 Å². The molecule has 0 aliphatic heterocycles. The zero-order valence-electron chi connectivity index (χ0n) is 17.5. The van der Waals surface area contributed by atoms with Crippen LogP contribution < -0.4 is 19.6 Å². The highest BCUT2D eigenvalue weighted by Crippen LogP contribution is 2.27. The Morgan fingerprint density at radius 2 is 1.91 bits per heavy atom. The minimum atomic E-state index is -0.407. The number of nitrogens with one attached hydrogen (secondary N) is 1. The number of benzene rings is 3.